The molecule has 0 N–H and O–H groups in total. The Morgan fingerprint density at radius 2 is 1.60 bits per heavy atom. The van der Waals surface area contributed by atoms with Crippen LogP contribution in [-0.2, 0) is 12.8 Å². The number of hydrogen-bond donors (Lipinski definition) is 0. The van der Waals surface area contributed by atoms with Crippen molar-refractivity contribution >= 4 is 64.2 Å². The zero-order valence-corrected chi connectivity index (χ0v) is 22.0. The second-order valence-corrected chi connectivity index (χ2v) is 16.2. The fraction of sp³-hybridized carbons (Fsp3) is 0.161. The molecule has 3 heterocycles. The van der Waals surface area contributed by atoms with Gasteiger partial charge >= 0.3 is 0 Å². The van der Waals surface area contributed by atoms with Gasteiger partial charge in [-0.25, -0.2) is 0 Å². The van der Waals surface area contributed by atoms with Gasteiger partial charge in [0.1, 0.15) is 8.07 Å². The molecule has 5 aromatic rings. The third-order valence-corrected chi connectivity index (χ3v) is 13.4. The Morgan fingerprint density at radius 1 is 0.771 bits per heavy atom. The average Bonchev–Trinajstić information content (AvgIpc) is 3.47. The Balaban J connectivity index is 1.37. The molecule has 3 aliphatic rings. The summed E-state index contributed by atoms with van der Waals surface area (Å²) in [7, 11) is -1.72. The third-order valence-electron chi connectivity index (χ3n) is 8.69. The van der Waals surface area contributed by atoms with Crippen molar-refractivity contribution in [2.24, 2.45) is 0 Å². The van der Waals surface area contributed by atoms with Gasteiger partial charge in [0.15, 0.2) is 0 Å². The Kier molecular flexibility index (Phi) is 4.08. The maximum atomic E-state index is 2.55. The lowest BCUT2D eigenvalue weighted by atomic mass is 9.36. The Hall–Kier alpha value is -2.95. The van der Waals surface area contributed by atoms with Crippen LogP contribution >= 0.6 is 11.8 Å². The van der Waals surface area contributed by atoms with Crippen LogP contribution < -0.4 is 26.8 Å². The summed E-state index contributed by atoms with van der Waals surface area (Å²) >= 11 is 1.98. The van der Waals surface area contributed by atoms with Crippen molar-refractivity contribution < 1.29 is 0 Å². The zero-order valence-electron chi connectivity index (χ0n) is 20.1. The smallest absolute Gasteiger partial charge is 0.243 e. The molecule has 0 saturated carbocycles. The van der Waals surface area contributed by atoms with Crippen molar-refractivity contribution in [3.05, 3.63) is 96.2 Å². The second kappa shape index (κ2) is 7.05. The van der Waals surface area contributed by atoms with E-state index in [-0.39, 0.29) is 0 Å². The highest BCUT2D eigenvalue weighted by atomic mass is 32.2. The predicted molar refractivity (Wildman–Crippen MR) is 154 cm³/mol. The zero-order chi connectivity index (χ0) is 23.3. The standard InChI is InChI=1S/C31H26BNSSi/c1-35(2)29-15-6-4-11-24(29)32-23-18-17-20(19-28(23)34-27-14-8-16-30(35)31(27)32)33-25-12-5-3-9-21(25)22-10-7-13-26(22)33/h3-6,8-9,11-12,14-19H,7,10,13H2,1-2H3. The van der Waals surface area contributed by atoms with Crippen LogP contribution in [0.2, 0.25) is 13.1 Å². The van der Waals surface area contributed by atoms with Gasteiger partial charge in [-0.2, -0.15) is 0 Å². The first-order valence-electron chi connectivity index (χ1n) is 12.8. The molecular formula is C31H26BNSSi. The van der Waals surface area contributed by atoms with Crippen molar-refractivity contribution in [2.75, 3.05) is 0 Å². The van der Waals surface area contributed by atoms with Crippen molar-refractivity contribution in [3.63, 3.8) is 0 Å². The minimum Gasteiger partial charge on any atom is -0.313 e. The Bertz CT molecular complexity index is 1700. The Morgan fingerprint density at radius 3 is 2.54 bits per heavy atom. The molecule has 1 nitrogen and oxygen atoms in total. The van der Waals surface area contributed by atoms with E-state index in [0.29, 0.717) is 6.71 Å². The summed E-state index contributed by atoms with van der Waals surface area (Å²) < 4.78 is 2.55. The maximum absolute atomic E-state index is 2.55. The first-order valence-corrected chi connectivity index (χ1v) is 16.6. The van der Waals surface area contributed by atoms with Gasteiger partial charge in [0, 0.05) is 26.6 Å². The van der Waals surface area contributed by atoms with Crippen LogP contribution in [0.25, 0.3) is 16.6 Å². The van der Waals surface area contributed by atoms with Crippen molar-refractivity contribution in [2.45, 2.75) is 42.1 Å². The van der Waals surface area contributed by atoms with Crippen LogP contribution in [0.5, 0.6) is 0 Å². The highest BCUT2D eigenvalue weighted by molar-refractivity contribution is 8.00. The monoisotopic (exact) mass is 483 g/mol. The largest absolute Gasteiger partial charge is 0.313 e. The molecule has 0 spiro atoms. The van der Waals surface area contributed by atoms with Gasteiger partial charge in [-0.1, -0.05) is 112 Å². The van der Waals surface area contributed by atoms with Gasteiger partial charge in [0.2, 0.25) is 6.71 Å². The van der Waals surface area contributed by atoms with Gasteiger partial charge in [-0.05, 0) is 49.1 Å². The molecule has 0 atom stereocenters. The summed E-state index contributed by atoms with van der Waals surface area (Å²) in [4.78, 5) is 2.87. The van der Waals surface area contributed by atoms with E-state index >= 15 is 0 Å². The average molecular weight is 484 g/mol. The fourth-order valence-electron chi connectivity index (χ4n) is 7.15. The number of para-hydroxylation sites is 1. The first kappa shape index (κ1) is 20.3. The molecule has 1 aromatic heterocycles. The maximum Gasteiger partial charge on any atom is 0.243 e. The lowest BCUT2D eigenvalue weighted by Gasteiger charge is -2.40. The van der Waals surface area contributed by atoms with Crippen molar-refractivity contribution in [3.8, 4) is 5.69 Å². The van der Waals surface area contributed by atoms with Crippen LogP contribution in [0.3, 0.4) is 0 Å². The summed E-state index contributed by atoms with van der Waals surface area (Å²) in [6.45, 7) is 5.40. The van der Waals surface area contributed by atoms with Crippen LogP contribution in [-0.4, -0.2) is 19.4 Å². The lowest BCUT2D eigenvalue weighted by Crippen LogP contribution is -2.77. The molecule has 2 aliphatic heterocycles. The molecule has 4 heteroatoms. The van der Waals surface area contributed by atoms with Gasteiger partial charge in [-0.3, -0.25) is 0 Å². The number of benzene rings is 4. The van der Waals surface area contributed by atoms with Gasteiger partial charge in [0.05, 0.1) is 5.52 Å². The molecular weight excluding hydrogens is 457 g/mol. The fourth-order valence-corrected chi connectivity index (χ4v) is 11.7. The highest BCUT2D eigenvalue weighted by Gasteiger charge is 2.44. The van der Waals surface area contributed by atoms with Crippen LogP contribution in [0.4, 0.5) is 0 Å². The Labute approximate surface area is 212 Å². The molecule has 0 unspecified atom stereocenters. The molecule has 8 rings (SSSR count). The topological polar surface area (TPSA) is 4.93 Å². The second-order valence-electron chi connectivity index (χ2n) is 10.8. The molecule has 0 amide bonds. The number of nitrogens with zero attached hydrogens (tertiary/aromatic N) is 1. The summed E-state index contributed by atoms with van der Waals surface area (Å²) in [5, 5.41) is 4.66. The first-order chi connectivity index (χ1) is 17.1. The summed E-state index contributed by atoms with van der Waals surface area (Å²) in [6.07, 6.45) is 3.65. The molecule has 168 valence electrons. The van der Waals surface area contributed by atoms with Crippen molar-refractivity contribution in [1.29, 1.82) is 0 Å². The summed E-state index contributed by atoms with van der Waals surface area (Å²) in [6, 6.07) is 32.6. The number of rotatable bonds is 1. The normalized spacial score (nSPS) is 16.6. The van der Waals surface area contributed by atoms with Crippen LogP contribution in [0, 0.1) is 0 Å². The van der Waals surface area contributed by atoms with Gasteiger partial charge in [-0.15, -0.1) is 0 Å². The number of hydrogen-bond acceptors (Lipinski definition) is 1. The predicted octanol–water partition coefficient (Wildman–Crippen LogP) is 4.24. The number of aryl methyl sites for hydroxylation is 1. The van der Waals surface area contributed by atoms with Crippen molar-refractivity contribution in [1.82, 2.24) is 4.57 Å². The quantitative estimate of drug-likeness (QED) is 0.317. The van der Waals surface area contributed by atoms with E-state index < -0.39 is 8.07 Å². The minimum atomic E-state index is -1.72. The third kappa shape index (κ3) is 2.62. The van der Waals surface area contributed by atoms with E-state index in [4.69, 9.17) is 0 Å². The van der Waals surface area contributed by atoms with E-state index in [2.05, 4.69) is 103 Å². The van der Waals surface area contributed by atoms with E-state index in [1.807, 2.05) is 11.8 Å². The minimum absolute atomic E-state index is 0.343. The van der Waals surface area contributed by atoms with E-state index in [9.17, 15) is 0 Å². The molecule has 4 aromatic carbocycles. The summed E-state index contributed by atoms with van der Waals surface area (Å²) in [5.41, 5.74) is 10.3. The highest BCUT2D eigenvalue weighted by Crippen LogP contribution is 2.37. The van der Waals surface area contributed by atoms with Gasteiger partial charge in [0.25, 0.3) is 0 Å². The molecule has 35 heavy (non-hydrogen) atoms. The van der Waals surface area contributed by atoms with E-state index in [1.54, 1.807) is 21.4 Å². The molecule has 0 radical (unpaired) electrons. The van der Waals surface area contributed by atoms with E-state index in [0.717, 1.165) is 0 Å². The molecule has 0 saturated heterocycles. The molecule has 1 aliphatic carbocycles. The summed E-state index contributed by atoms with van der Waals surface area (Å²) in [5.74, 6) is 0. The number of fused-ring (bicyclic) bond motifs is 7. The van der Waals surface area contributed by atoms with Crippen LogP contribution in [0.15, 0.2) is 94.7 Å². The number of aromatic nitrogens is 1. The van der Waals surface area contributed by atoms with Crippen LogP contribution in [0.1, 0.15) is 17.7 Å². The lowest BCUT2D eigenvalue weighted by molar-refractivity contribution is 0.873. The SMILES string of the molecule is C[Si]1(C)c2ccccc2B2c3ccc(-n4c5c(c6ccccc64)CCC5)cc3Sc3cccc1c32. The van der Waals surface area contributed by atoms with Gasteiger partial charge < -0.3 is 4.57 Å². The van der Waals surface area contributed by atoms with E-state index in [1.165, 1.54) is 62.3 Å². The molecule has 0 bridgehead atoms. The molecule has 0 fully saturated rings.